The molecule has 0 atom stereocenters. The third-order valence-corrected chi connectivity index (χ3v) is 14.7. The number of nitrogens with zero attached hydrogens (tertiary/aromatic N) is 1. The van der Waals surface area contributed by atoms with Crippen LogP contribution in [0.4, 0.5) is 0 Å². The zero-order valence-electron chi connectivity index (χ0n) is 16.0. The summed E-state index contributed by atoms with van der Waals surface area (Å²) in [7, 11) is 0. The van der Waals surface area contributed by atoms with Crippen molar-refractivity contribution in [3.63, 3.8) is 0 Å². The van der Waals surface area contributed by atoms with Gasteiger partial charge in [-0.15, -0.1) is 0 Å². The van der Waals surface area contributed by atoms with Crippen LogP contribution >= 0.6 is 0 Å². The van der Waals surface area contributed by atoms with Crippen molar-refractivity contribution in [2.24, 2.45) is 0 Å². The van der Waals surface area contributed by atoms with E-state index in [1.807, 2.05) is 0 Å². The minimum atomic E-state index is -2.29. The zero-order valence-corrected chi connectivity index (χ0v) is 19.5. The fourth-order valence-electron chi connectivity index (χ4n) is 3.33. The van der Waals surface area contributed by atoms with Gasteiger partial charge in [0.1, 0.15) is 0 Å². The predicted molar refractivity (Wildman–Crippen MR) is 115 cm³/mol. The Bertz CT molecular complexity index is 771. The van der Waals surface area contributed by atoms with Gasteiger partial charge >= 0.3 is 167 Å². The van der Waals surface area contributed by atoms with Gasteiger partial charge < -0.3 is 0 Å². The number of rotatable bonds is 7. The van der Waals surface area contributed by atoms with Gasteiger partial charge in [-0.1, -0.05) is 0 Å². The molecule has 134 valence electrons. The summed E-state index contributed by atoms with van der Waals surface area (Å²) in [6, 6.07) is 29.5. The van der Waals surface area contributed by atoms with Crippen LogP contribution in [-0.4, -0.2) is 39.7 Å². The summed E-state index contributed by atoms with van der Waals surface area (Å²) < 4.78 is 4.73. The van der Waals surface area contributed by atoms with E-state index in [9.17, 15) is 0 Å². The van der Waals surface area contributed by atoms with E-state index in [0.717, 1.165) is 19.6 Å². The summed E-state index contributed by atoms with van der Waals surface area (Å²) in [6.07, 6.45) is 0. The van der Waals surface area contributed by atoms with Crippen molar-refractivity contribution in [2.45, 2.75) is 27.3 Å². The predicted octanol–water partition coefficient (Wildman–Crippen LogP) is 3.35. The Labute approximate surface area is 166 Å². The molecular weight excluding hydrogens is 511 g/mol. The Hall–Kier alpha value is -1.50. The van der Waals surface area contributed by atoms with Crippen LogP contribution in [-0.2, 0) is 6.54 Å². The SMILES string of the molecule is CCN(CC)Cc1cc(C)cc[c]1[Bi]([c]1ccccc1)[c]1ccccc1. The van der Waals surface area contributed by atoms with Crippen molar-refractivity contribution >= 4 is 31.6 Å². The molecule has 3 aromatic rings. The second-order valence-electron chi connectivity index (χ2n) is 6.60. The molecule has 0 aromatic heterocycles. The average molecular weight is 539 g/mol. The van der Waals surface area contributed by atoms with E-state index in [1.54, 1.807) is 9.81 Å². The maximum absolute atomic E-state index is 2.52. The Balaban J connectivity index is 2.12. The van der Waals surface area contributed by atoms with Crippen LogP contribution < -0.4 is 9.81 Å². The van der Waals surface area contributed by atoms with Gasteiger partial charge in [-0.05, 0) is 0 Å². The third-order valence-electron chi connectivity index (χ3n) is 4.79. The molecule has 0 aliphatic heterocycles. The minimum absolute atomic E-state index is 1.05. The van der Waals surface area contributed by atoms with E-state index in [2.05, 4.69) is 105 Å². The molecule has 0 amide bonds. The topological polar surface area (TPSA) is 3.24 Å². The van der Waals surface area contributed by atoms with Crippen LogP contribution in [0.25, 0.3) is 0 Å². The van der Waals surface area contributed by atoms with Crippen molar-refractivity contribution in [1.29, 1.82) is 0 Å². The first-order valence-corrected chi connectivity index (χ1v) is 14.7. The van der Waals surface area contributed by atoms with Gasteiger partial charge in [-0.3, -0.25) is 0 Å². The van der Waals surface area contributed by atoms with E-state index in [0.29, 0.717) is 0 Å². The fourth-order valence-corrected chi connectivity index (χ4v) is 12.8. The van der Waals surface area contributed by atoms with Crippen LogP contribution in [0.2, 0.25) is 0 Å². The molecule has 0 radical (unpaired) electrons. The van der Waals surface area contributed by atoms with E-state index >= 15 is 0 Å². The Morgan fingerprint density at radius 3 is 1.77 bits per heavy atom. The number of aryl methyl sites for hydroxylation is 1. The molecule has 0 saturated heterocycles. The molecular formula is C24H28BiN. The molecule has 2 heteroatoms. The molecule has 3 rings (SSSR count). The van der Waals surface area contributed by atoms with Crippen molar-refractivity contribution < 1.29 is 0 Å². The van der Waals surface area contributed by atoms with Crippen LogP contribution in [0.5, 0.6) is 0 Å². The first-order chi connectivity index (χ1) is 12.7. The molecule has 0 heterocycles. The number of hydrogen-bond acceptors (Lipinski definition) is 1. The summed E-state index contributed by atoms with van der Waals surface area (Å²) in [5, 5.41) is 0. The summed E-state index contributed by atoms with van der Waals surface area (Å²) in [4.78, 5) is 2.52. The molecule has 0 fully saturated rings. The Kier molecular flexibility index (Phi) is 7.00. The average Bonchev–Trinajstić information content (AvgIpc) is 2.69. The quantitative estimate of drug-likeness (QED) is 0.417. The molecule has 0 aliphatic rings. The van der Waals surface area contributed by atoms with E-state index < -0.39 is 21.8 Å². The van der Waals surface area contributed by atoms with Gasteiger partial charge in [0, 0.05) is 0 Å². The molecule has 0 aliphatic carbocycles. The number of hydrogen-bond donors (Lipinski definition) is 0. The van der Waals surface area contributed by atoms with Crippen molar-refractivity contribution in [3.05, 3.63) is 90.0 Å². The molecule has 0 spiro atoms. The normalized spacial score (nSPS) is 11.3. The first kappa shape index (κ1) is 19.3. The van der Waals surface area contributed by atoms with Crippen molar-refractivity contribution in [3.8, 4) is 0 Å². The van der Waals surface area contributed by atoms with Crippen LogP contribution in [0.1, 0.15) is 25.0 Å². The van der Waals surface area contributed by atoms with E-state index in [-0.39, 0.29) is 0 Å². The van der Waals surface area contributed by atoms with Crippen molar-refractivity contribution in [2.75, 3.05) is 13.1 Å². The summed E-state index contributed by atoms with van der Waals surface area (Å²) in [5.74, 6) is 0. The molecule has 0 unspecified atom stereocenters. The Morgan fingerprint density at radius 1 is 0.731 bits per heavy atom. The third kappa shape index (κ3) is 4.61. The van der Waals surface area contributed by atoms with Gasteiger partial charge in [0.05, 0.1) is 0 Å². The molecule has 0 saturated carbocycles. The molecule has 1 nitrogen and oxygen atoms in total. The van der Waals surface area contributed by atoms with Crippen LogP contribution in [0.3, 0.4) is 0 Å². The van der Waals surface area contributed by atoms with Crippen LogP contribution in [0.15, 0.2) is 78.9 Å². The first-order valence-electron chi connectivity index (χ1n) is 9.45. The van der Waals surface area contributed by atoms with Gasteiger partial charge in [0.25, 0.3) is 0 Å². The molecule has 0 N–H and O–H groups in total. The van der Waals surface area contributed by atoms with Gasteiger partial charge in [-0.2, -0.15) is 0 Å². The standard InChI is InChI=1S/C12H18N.2C6H5.Bi/c1-4-13(5-2)10-12-8-6-7-11(3)9-12;2*1-2-4-6-5-3-1;/h6-7,9H,4-5,10H2,1-3H3;2*1-5H;. The second kappa shape index (κ2) is 9.44. The number of benzene rings is 3. The van der Waals surface area contributed by atoms with Gasteiger partial charge in [0.15, 0.2) is 0 Å². The van der Waals surface area contributed by atoms with Crippen LogP contribution in [0, 0.1) is 6.92 Å². The molecule has 3 aromatic carbocycles. The summed E-state index contributed by atoms with van der Waals surface area (Å²) >= 11 is -2.29. The van der Waals surface area contributed by atoms with Gasteiger partial charge in [0.2, 0.25) is 0 Å². The summed E-state index contributed by atoms with van der Waals surface area (Å²) in [5.41, 5.74) is 2.89. The van der Waals surface area contributed by atoms with Crippen molar-refractivity contribution in [1.82, 2.24) is 4.90 Å². The van der Waals surface area contributed by atoms with Gasteiger partial charge in [-0.25, -0.2) is 0 Å². The van der Waals surface area contributed by atoms with E-state index in [4.69, 9.17) is 0 Å². The second-order valence-corrected chi connectivity index (χ2v) is 15.1. The molecule has 0 bridgehead atoms. The maximum atomic E-state index is 2.52. The zero-order chi connectivity index (χ0) is 18.4. The monoisotopic (exact) mass is 539 g/mol. The summed E-state index contributed by atoms with van der Waals surface area (Å²) in [6.45, 7) is 9.97. The van der Waals surface area contributed by atoms with E-state index in [1.165, 1.54) is 11.1 Å². The Morgan fingerprint density at radius 2 is 1.27 bits per heavy atom. The molecule has 26 heavy (non-hydrogen) atoms. The fraction of sp³-hybridized carbons (Fsp3) is 0.250.